The summed E-state index contributed by atoms with van der Waals surface area (Å²) in [7, 11) is 1.89. The van der Waals surface area contributed by atoms with E-state index in [0.717, 1.165) is 33.2 Å². The molecule has 5 aromatic rings. The molecule has 2 atom stereocenters. The summed E-state index contributed by atoms with van der Waals surface area (Å²) in [6, 6.07) is 11.1. The molecule has 0 aliphatic carbocycles. The van der Waals surface area contributed by atoms with Gasteiger partial charge in [0.1, 0.15) is 40.0 Å². The number of hydrogen-bond acceptors (Lipinski definition) is 11. The number of anilines is 3. The quantitative estimate of drug-likeness (QED) is 0.207. The molecule has 2 fully saturated rings. The van der Waals surface area contributed by atoms with E-state index in [1.54, 1.807) is 24.5 Å². The monoisotopic (exact) mass is 710 g/mol. The fourth-order valence-electron chi connectivity index (χ4n) is 6.69. The molecule has 0 unspecified atom stereocenters. The lowest BCUT2D eigenvalue weighted by atomic mass is 10.0. The first-order valence-electron chi connectivity index (χ1n) is 16.6. The molecule has 2 saturated heterocycles. The number of imidazole rings is 1. The number of pyridine rings is 1. The van der Waals surface area contributed by atoms with E-state index in [9.17, 15) is 29.5 Å². The average molecular weight is 711 g/mol. The zero-order chi connectivity index (χ0) is 35.8. The number of nitrogens with one attached hydrogen (secondary N) is 1. The summed E-state index contributed by atoms with van der Waals surface area (Å²) in [5.41, 5.74) is 4.46. The Morgan fingerprint density at radius 3 is 2.45 bits per heavy atom. The number of amides is 2. The average Bonchev–Trinajstić information content (AvgIpc) is 3.87. The Morgan fingerprint density at radius 1 is 1.08 bits per heavy atom. The molecule has 2 amide bonds. The fourth-order valence-corrected chi connectivity index (χ4v) is 7.54. The van der Waals surface area contributed by atoms with Crippen LogP contribution in [-0.4, -0.2) is 96.3 Å². The van der Waals surface area contributed by atoms with Crippen molar-refractivity contribution in [1.29, 1.82) is 5.26 Å². The molecule has 2 aliphatic heterocycles. The van der Waals surface area contributed by atoms with E-state index in [4.69, 9.17) is 9.97 Å². The zero-order valence-electron chi connectivity index (χ0n) is 27.9. The lowest BCUT2D eigenvalue weighted by Crippen LogP contribution is -2.51. The number of nitriles is 1. The maximum atomic E-state index is 13.6. The number of rotatable bonds is 8. The normalized spacial score (nSPS) is 17.9. The molecule has 0 radical (unpaired) electrons. The van der Waals surface area contributed by atoms with Gasteiger partial charge < -0.3 is 25.3 Å². The van der Waals surface area contributed by atoms with Crippen LogP contribution in [0.15, 0.2) is 55.0 Å². The Hall–Kier alpha value is -5.66. The van der Waals surface area contributed by atoms with E-state index in [1.807, 2.05) is 41.6 Å². The van der Waals surface area contributed by atoms with Gasteiger partial charge in [-0.05, 0) is 55.7 Å². The van der Waals surface area contributed by atoms with Gasteiger partial charge in [-0.2, -0.15) is 5.26 Å². The molecule has 2 aliphatic rings. The predicted octanol–water partition coefficient (Wildman–Crippen LogP) is 4.45. The summed E-state index contributed by atoms with van der Waals surface area (Å²) < 4.78 is 15.6. The lowest BCUT2D eigenvalue weighted by Gasteiger charge is -2.33. The van der Waals surface area contributed by atoms with Crippen LogP contribution in [0.3, 0.4) is 0 Å². The van der Waals surface area contributed by atoms with Crippen LogP contribution in [-0.2, 0) is 11.2 Å². The van der Waals surface area contributed by atoms with Crippen molar-refractivity contribution in [2.45, 2.75) is 50.8 Å². The van der Waals surface area contributed by atoms with Crippen LogP contribution >= 0.6 is 11.3 Å². The van der Waals surface area contributed by atoms with Crippen LogP contribution in [0.4, 0.5) is 26.1 Å². The number of aliphatic hydroxyl groups is 1. The van der Waals surface area contributed by atoms with Crippen LogP contribution in [0.1, 0.15) is 36.8 Å². The Kier molecular flexibility index (Phi) is 9.23. The number of piperidine rings is 1. The standard InChI is InChI=1S/C35H35FN10O4S/c1-3-26-32(43(2)34-42-30(28(15-37)51-34)20-4-7-23(36)8-5-20)46-18-21(6-9-29(46)41-26)22-16-38-33(39-17-22)44-12-10-24(11-13-44)40-31(48)27-14-25(47)19-45(27)35(49)50/h4-9,16-18,24-25,27,47H,3,10-14,19H2,1-2H3,(H,40,48)(H,49,50)/t25-,27-/m1/s1. The van der Waals surface area contributed by atoms with Crippen molar-refractivity contribution in [3.8, 4) is 28.5 Å². The van der Waals surface area contributed by atoms with Crippen molar-refractivity contribution in [1.82, 2.24) is 34.6 Å². The Labute approximate surface area is 296 Å². The third-order valence-electron chi connectivity index (χ3n) is 9.36. The first-order valence-corrected chi connectivity index (χ1v) is 17.4. The van der Waals surface area contributed by atoms with Gasteiger partial charge in [-0.25, -0.2) is 29.1 Å². The highest BCUT2D eigenvalue weighted by atomic mass is 32.1. The molecule has 6 heterocycles. The zero-order valence-corrected chi connectivity index (χ0v) is 28.7. The number of benzene rings is 1. The van der Waals surface area contributed by atoms with Crippen LogP contribution in [0.2, 0.25) is 0 Å². The van der Waals surface area contributed by atoms with Crippen LogP contribution in [0.5, 0.6) is 0 Å². The predicted molar refractivity (Wildman–Crippen MR) is 188 cm³/mol. The fraction of sp³-hybridized carbons (Fsp3) is 0.343. The number of halogens is 1. The summed E-state index contributed by atoms with van der Waals surface area (Å²) in [6.45, 7) is 3.20. The van der Waals surface area contributed by atoms with Gasteiger partial charge in [0.25, 0.3) is 0 Å². The topological polar surface area (TPSA) is 176 Å². The number of likely N-dealkylation sites (tertiary alicyclic amines) is 1. The number of aryl methyl sites for hydroxylation is 1. The summed E-state index contributed by atoms with van der Waals surface area (Å²) in [5, 5.41) is 32.7. The Balaban J connectivity index is 1.06. The largest absolute Gasteiger partial charge is 0.465 e. The van der Waals surface area contributed by atoms with Gasteiger partial charge in [0.05, 0.1) is 18.3 Å². The smallest absolute Gasteiger partial charge is 0.408 e. The first-order chi connectivity index (χ1) is 24.6. The first kappa shape index (κ1) is 33.8. The number of aliphatic hydroxyl groups excluding tert-OH is 1. The number of carboxylic acid groups (broad SMARTS) is 1. The highest BCUT2D eigenvalue weighted by Crippen LogP contribution is 2.37. The van der Waals surface area contributed by atoms with Crippen molar-refractivity contribution >= 4 is 45.9 Å². The van der Waals surface area contributed by atoms with Crippen LogP contribution in [0, 0.1) is 17.1 Å². The second kappa shape index (κ2) is 13.9. The maximum absolute atomic E-state index is 13.6. The number of thiazole rings is 1. The van der Waals surface area contributed by atoms with Gasteiger partial charge in [-0.15, -0.1) is 0 Å². The molecule has 7 rings (SSSR count). The molecule has 4 aromatic heterocycles. The van der Waals surface area contributed by atoms with E-state index >= 15 is 0 Å². The molecule has 16 heteroatoms. The third-order valence-corrected chi connectivity index (χ3v) is 10.4. The minimum absolute atomic E-state index is 0.0646. The van der Waals surface area contributed by atoms with Crippen LogP contribution < -0.4 is 15.1 Å². The lowest BCUT2D eigenvalue weighted by molar-refractivity contribution is -0.125. The van der Waals surface area contributed by atoms with Crippen molar-refractivity contribution in [2.75, 3.05) is 36.5 Å². The van der Waals surface area contributed by atoms with Crippen LogP contribution in [0.25, 0.3) is 28.0 Å². The summed E-state index contributed by atoms with van der Waals surface area (Å²) >= 11 is 1.26. The van der Waals surface area contributed by atoms with Gasteiger partial charge >= 0.3 is 6.09 Å². The number of nitrogens with zero attached hydrogens (tertiary/aromatic N) is 9. The summed E-state index contributed by atoms with van der Waals surface area (Å²) in [6.07, 6.45) is 5.53. The number of fused-ring (bicyclic) bond motifs is 1. The number of carbonyl (C=O) groups excluding carboxylic acids is 1. The Morgan fingerprint density at radius 2 is 1.78 bits per heavy atom. The van der Waals surface area contributed by atoms with Crippen molar-refractivity contribution < 1.29 is 24.2 Å². The van der Waals surface area contributed by atoms with Gasteiger partial charge in [0, 0.05) is 67.9 Å². The van der Waals surface area contributed by atoms with E-state index < -0.39 is 18.2 Å². The molecule has 0 saturated carbocycles. The molecular weight excluding hydrogens is 676 g/mol. The third kappa shape index (κ3) is 6.65. The molecule has 14 nitrogen and oxygen atoms in total. The van der Waals surface area contributed by atoms with E-state index in [1.165, 1.54) is 23.5 Å². The van der Waals surface area contributed by atoms with Gasteiger partial charge in [0.15, 0.2) is 5.13 Å². The van der Waals surface area contributed by atoms with E-state index in [0.29, 0.717) is 59.6 Å². The van der Waals surface area contributed by atoms with E-state index in [2.05, 4.69) is 26.3 Å². The molecule has 3 N–H and O–H groups in total. The minimum Gasteiger partial charge on any atom is -0.465 e. The number of β-amino-alcohol motifs (C(OH)–C–C–N with tert-alkyl or cyclic N) is 1. The highest BCUT2D eigenvalue weighted by molar-refractivity contribution is 7.16. The van der Waals surface area contributed by atoms with E-state index in [-0.39, 0.29) is 30.7 Å². The SMILES string of the molecule is CCc1nc2ccc(-c3cnc(N4CCC(NC(=O)[C@H]5C[C@@H](O)CN5C(=O)O)CC4)nc3)cn2c1N(C)c1nc(-c2ccc(F)cc2)c(C#N)s1. The highest BCUT2D eigenvalue weighted by Gasteiger charge is 2.40. The Bertz CT molecular complexity index is 2120. The van der Waals surface area contributed by atoms with Gasteiger partial charge in [-0.1, -0.05) is 18.3 Å². The second-order valence-electron chi connectivity index (χ2n) is 12.6. The van der Waals surface area contributed by atoms with Crippen molar-refractivity contribution in [3.63, 3.8) is 0 Å². The summed E-state index contributed by atoms with van der Waals surface area (Å²) in [4.78, 5) is 48.7. The molecule has 1 aromatic carbocycles. The molecule has 0 bridgehead atoms. The second-order valence-corrected chi connectivity index (χ2v) is 13.6. The van der Waals surface area contributed by atoms with Gasteiger partial charge in [-0.3, -0.25) is 14.1 Å². The molecular formula is C35H35FN10O4S. The molecule has 262 valence electrons. The van der Waals surface area contributed by atoms with Crippen molar-refractivity contribution in [3.05, 3.63) is 71.4 Å². The maximum Gasteiger partial charge on any atom is 0.408 e. The van der Waals surface area contributed by atoms with Crippen molar-refractivity contribution in [2.24, 2.45) is 0 Å². The summed E-state index contributed by atoms with van der Waals surface area (Å²) in [5.74, 6) is 0.648. The minimum atomic E-state index is -1.21. The number of aromatic nitrogens is 5. The number of carbonyl (C=O) groups is 2. The van der Waals surface area contributed by atoms with Gasteiger partial charge in [0.2, 0.25) is 11.9 Å². The molecule has 51 heavy (non-hydrogen) atoms. The number of hydrogen-bond donors (Lipinski definition) is 3. The molecule has 0 spiro atoms.